The molecular formula is C19H22FN3O2. The van der Waals surface area contributed by atoms with Crippen molar-refractivity contribution in [3.8, 4) is 0 Å². The van der Waals surface area contributed by atoms with Crippen LogP contribution < -0.4 is 4.90 Å². The van der Waals surface area contributed by atoms with E-state index in [9.17, 15) is 14.0 Å². The van der Waals surface area contributed by atoms with Crippen LogP contribution in [0.1, 0.15) is 18.9 Å². The Morgan fingerprint density at radius 1 is 1.04 bits per heavy atom. The summed E-state index contributed by atoms with van der Waals surface area (Å²) < 4.78 is 13.0. The number of benzene rings is 1. The molecule has 1 aromatic carbocycles. The number of anilines is 1. The first-order valence-electron chi connectivity index (χ1n) is 8.14. The standard InChI is InChI=1S/C19H22FN3O2/c1-15(24)23(18-5-3-17(20)4-6-18)14-10-19(25)22(2)13-9-16-7-11-21-12-8-16/h3-8,11-12H,9-10,13-14H2,1-2H3. The minimum absolute atomic E-state index is 0.0394. The summed E-state index contributed by atoms with van der Waals surface area (Å²) in [5.41, 5.74) is 1.70. The van der Waals surface area contributed by atoms with Gasteiger partial charge < -0.3 is 9.80 Å². The van der Waals surface area contributed by atoms with Crippen molar-refractivity contribution >= 4 is 17.5 Å². The summed E-state index contributed by atoms with van der Waals surface area (Å²) in [5.74, 6) is -0.583. The summed E-state index contributed by atoms with van der Waals surface area (Å²) in [4.78, 5) is 31.2. The van der Waals surface area contributed by atoms with Gasteiger partial charge in [0.25, 0.3) is 0 Å². The molecule has 0 saturated heterocycles. The maximum absolute atomic E-state index is 13.0. The van der Waals surface area contributed by atoms with Gasteiger partial charge in [-0.05, 0) is 48.4 Å². The summed E-state index contributed by atoms with van der Waals surface area (Å²) in [5, 5.41) is 0. The van der Waals surface area contributed by atoms with Gasteiger partial charge in [-0.25, -0.2) is 4.39 Å². The summed E-state index contributed by atoms with van der Waals surface area (Å²) in [7, 11) is 1.75. The zero-order valence-electron chi connectivity index (χ0n) is 14.5. The molecule has 0 saturated carbocycles. The first kappa shape index (κ1) is 18.6. The molecule has 0 atom stereocenters. The number of hydrogen-bond acceptors (Lipinski definition) is 3. The van der Waals surface area contributed by atoms with Crippen LogP contribution in [-0.2, 0) is 16.0 Å². The number of rotatable bonds is 7. The normalized spacial score (nSPS) is 10.4. The van der Waals surface area contributed by atoms with Gasteiger partial charge in [-0.15, -0.1) is 0 Å². The molecule has 2 aromatic rings. The third-order valence-electron chi connectivity index (χ3n) is 3.98. The molecular weight excluding hydrogens is 321 g/mol. The smallest absolute Gasteiger partial charge is 0.224 e. The predicted octanol–water partition coefficient (Wildman–Crippen LogP) is 2.66. The van der Waals surface area contributed by atoms with E-state index in [2.05, 4.69) is 4.98 Å². The molecule has 2 rings (SSSR count). The molecule has 1 aromatic heterocycles. The molecule has 0 aliphatic heterocycles. The van der Waals surface area contributed by atoms with Crippen molar-refractivity contribution in [2.24, 2.45) is 0 Å². The Labute approximate surface area is 147 Å². The van der Waals surface area contributed by atoms with E-state index in [1.54, 1.807) is 24.3 Å². The van der Waals surface area contributed by atoms with Gasteiger partial charge in [-0.3, -0.25) is 14.6 Å². The summed E-state index contributed by atoms with van der Waals surface area (Å²) in [6, 6.07) is 9.51. The minimum Gasteiger partial charge on any atom is -0.345 e. The number of likely N-dealkylation sites (N-methyl/N-ethyl adjacent to an activating group) is 1. The average Bonchev–Trinajstić information content (AvgIpc) is 2.61. The van der Waals surface area contributed by atoms with Crippen molar-refractivity contribution in [1.29, 1.82) is 0 Å². The molecule has 0 N–H and O–H groups in total. The number of aromatic nitrogens is 1. The number of carbonyl (C=O) groups is 2. The Morgan fingerprint density at radius 2 is 1.68 bits per heavy atom. The second-order valence-corrected chi connectivity index (χ2v) is 5.82. The highest BCUT2D eigenvalue weighted by molar-refractivity contribution is 5.92. The lowest BCUT2D eigenvalue weighted by Gasteiger charge is -2.23. The van der Waals surface area contributed by atoms with Gasteiger partial charge in [0.1, 0.15) is 5.82 Å². The molecule has 2 amide bonds. The van der Waals surface area contributed by atoms with Crippen molar-refractivity contribution in [1.82, 2.24) is 9.88 Å². The molecule has 132 valence electrons. The largest absolute Gasteiger partial charge is 0.345 e. The molecule has 0 radical (unpaired) electrons. The molecule has 0 fully saturated rings. The Bertz CT molecular complexity index is 704. The Hall–Kier alpha value is -2.76. The molecule has 6 heteroatoms. The van der Waals surface area contributed by atoms with E-state index in [-0.39, 0.29) is 30.6 Å². The van der Waals surface area contributed by atoms with Crippen molar-refractivity contribution in [2.45, 2.75) is 19.8 Å². The summed E-state index contributed by atoms with van der Waals surface area (Å²) in [6.07, 6.45) is 4.41. The van der Waals surface area contributed by atoms with Crippen LogP contribution >= 0.6 is 0 Å². The van der Waals surface area contributed by atoms with Crippen LogP contribution in [-0.4, -0.2) is 41.8 Å². The molecule has 0 aliphatic carbocycles. The fourth-order valence-corrected chi connectivity index (χ4v) is 2.46. The monoisotopic (exact) mass is 343 g/mol. The van der Waals surface area contributed by atoms with Crippen LogP contribution in [0.5, 0.6) is 0 Å². The van der Waals surface area contributed by atoms with Crippen LogP contribution in [0.4, 0.5) is 10.1 Å². The van der Waals surface area contributed by atoms with Crippen molar-refractivity contribution in [3.05, 3.63) is 60.2 Å². The second kappa shape index (κ2) is 8.92. The lowest BCUT2D eigenvalue weighted by Crippen LogP contribution is -2.35. The minimum atomic E-state index is -0.362. The van der Waals surface area contributed by atoms with E-state index in [1.807, 2.05) is 12.1 Å². The van der Waals surface area contributed by atoms with Gasteiger partial charge in [-0.1, -0.05) is 0 Å². The lowest BCUT2D eigenvalue weighted by atomic mass is 10.2. The second-order valence-electron chi connectivity index (χ2n) is 5.82. The Morgan fingerprint density at radius 3 is 2.28 bits per heavy atom. The molecule has 0 unspecified atom stereocenters. The van der Waals surface area contributed by atoms with Gasteiger partial charge in [-0.2, -0.15) is 0 Å². The lowest BCUT2D eigenvalue weighted by molar-refractivity contribution is -0.129. The highest BCUT2D eigenvalue weighted by Gasteiger charge is 2.15. The summed E-state index contributed by atoms with van der Waals surface area (Å²) in [6.45, 7) is 2.29. The van der Waals surface area contributed by atoms with Gasteiger partial charge >= 0.3 is 0 Å². The van der Waals surface area contributed by atoms with E-state index in [4.69, 9.17) is 0 Å². The first-order chi connectivity index (χ1) is 12.0. The Balaban J connectivity index is 1.87. The highest BCUT2D eigenvalue weighted by Crippen LogP contribution is 2.15. The van der Waals surface area contributed by atoms with Gasteiger partial charge in [0.05, 0.1) is 0 Å². The van der Waals surface area contributed by atoms with Gasteiger partial charge in [0.2, 0.25) is 11.8 Å². The van der Waals surface area contributed by atoms with Crippen LogP contribution in [0.2, 0.25) is 0 Å². The molecule has 25 heavy (non-hydrogen) atoms. The molecule has 1 heterocycles. The molecule has 0 spiro atoms. The van der Waals surface area contributed by atoms with E-state index in [0.717, 1.165) is 12.0 Å². The molecule has 0 bridgehead atoms. The summed E-state index contributed by atoms with van der Waals surface area (Å²) >= 11 is 0. The quantitative estimate of drug-likeness (QED) is 0.777. The predicted molar refractivity (Wildman–Crippen MR) is 94.6 cm³/mol. The molecule has 5 nitrogen and oxygen atoms in total. The molecule has 0 aliphatic rings. The van der Waals surface area contributed by atoms with E-state index in [1.165, 1.54) is 36.1 Å². The third-order valence-corrected chi connectivity index (χ3v) is 3.98. The van der Waals surface area contributed by atoms with E-state index < -0.39 is 0 Å². The fourth-order valence-electron chi connectivity index (χ4n) is 2.46. The number of pyridine rings is 1. The maximum Gasteiger partial charge on any atom is 0.224 e. The van der Waals surface area contributed by atoms with Crippen LogP contribution in [0.25, 0.3) is 0 Å². The van der Waals surface area contributed by atoms with Gasteiger partial charge in [0.15, 0.2) is 0 Å². The average molecular weight is 343 g/mol. The first-order valence-corrected chi connectivity index (χ1v) is 8.14. The van der Waals surface area contributed by atoms with E-state index >= 15 is 0 Å². The van der Waals surface area contributed by atoms with Crippen LogP contribution in [0.15, 0.2) is 48.8 Å². The number of hydrogen-bond donors (Lipinski definition) is 0. The van der Waals surface area contributed by atoms with Gasteiger partial charge in [0, 0.05) is 51.6 Å². The number of carbonyl (C=O) groups excluding carboxylic acids is 2. The Kier molecular flexibility index (Phi) is 6.62. The SMILES string of the molecule is CC(=O)N(CCC(=O)N(C)CCc1ccncc1)c1ccc(F)cc1. The maximum atomic E-state index is 13.0. The van der Waals surface area contributed by atoms with Crippen molar-refractivity contribution in [3.63, 3.8) is 0 Å². The topological polar surface area (TPSA) is 53.5 Å². The number of halogens is 1. The van der Waals surface area contributed by atoms with E-state index in [0.29, 0.717) is 12.2 Å². The van der Waals surface area contributed by atoms with Crippen molar-refractivity contribution < 1.29 is 14.0 Å². The zero-order valence-corrected chi connectivity index (χ0v) is 14.5. The number of amides is 2. The third kappa shape index (κ3) is 5.67. The zero-order chi connectivity index (χ0) is 18.2. The fraction of sp³-hybridized carbons (Fsp3) is 0.316. The van der Waals surface area contributed by atoms with Crippen LogP contribution in [0.3, 0.4) is 0 Å². The van der Waals surface area contributed by atoms with Crippen molar-refractivity contribution in [2.75, 3.05) is 25.0 Å². The number of nitrogens with zero attached hydrogens (tertiary/aromatic N) is 3. The van der Waals surface area contributed by atoms with Crippen LogP contribution in [0, 0.1) is 5.82 Å². The highest BCUT2D eigenvalue weighted by atomic mass is 19.1.